The van der Waals surface area contributed by atoms with Crippen molar-refractivity contribution in [3.05, 3.63) is 0 Å². The third kappa shape index (κ3) is 11.2. The molecule has 0 heteroatoms. The molecule has 0 saturated carbocycles. The molecule has 128 valence electrons. The molecule has 0 aliphatic rings. The fourth-order valence-electron chi connectivity index (χ4n) is 3.73. The molecule has 0 aromatic heterocycles. The van der Waals surface area contributed by atoms with E-state index in [1.807, 2.05) is 0 Å². The molecule has 0 aliphatic carbocycles. The van der Waals surface area contributed by atoms with Crippen LogP contribution in [0.25, 0.3) is 0 Å². The van der Waals surface area contributed by atoms with Gasteiger partial charge in [-0.1, -0.05) is 105 Å². The molecule has 0 heterocycles. The molecular formula is C21H44. The minimum atomic E-state index is 0.996. The lowest BCUT2D eigenvalue weighted by atomic mass is 9.79. The monoisotopic (exact) mass is 296 g/mol. The zero-order valence-corrected chi connectivity index (χ0v) is 15.9. The molecule has 0 aromatic rings. The lowest BCUT2D eigenvalue weighted by Gasteiger charge is -2.26. The highest BCUT2D eigenvalue weighted by Crippen LogP contribution is 2.32. The van der Waals surface area contributed by atoms with Crippen molar-refractivity contribution in [2.75, 3.05) is 0 Å². The summed E-state index contributed by atoms with van der Waals surface area (Å²) in [7, 11) is 0. The minimum absolute atomic E-state index is 0.996. The molecule has 0 rings (SSSR count). The SMILES string of the molecule is CCCCC(CC)CC(CCCC)CC(CC)CCCC. The Morgan fingerprint density at radius 1 is 0.476 bits per heavy atom. The van der Waals surface area contributed by atoms with E-state index in [2.05, 4.69) is 34.6 Å². The Bertz CT molecular complexity index is 178. The van der Waals surface area contributed by atoms with Gasteiger partial charge in [-0.05, 0) is 30.6 Å². The maximum absolute atomic E-state index is 2.41. The van der Waals surface area contributed by atoms with Crippen molar-refractivity contribution in [3.63, 3.8) is 0 Å². The number of hydrogen-bond acceptors (Lipinski definition) is 0. The normalized spacial score (nSPS) is 15.9. The van der Waals surface area contributed by atoms with E-state index in [9.17, 15) is 0 Å². The summed E-state index contributed by atoms with van der Waals surface area (Å²) in [4.78, 5) is 0. The van der Waals surface area contributed by atoms with Gasteiger partial charge in [0.25, 0.3) is 0 Å². The van der Waals surface area contributed by atoms with Crippen LogP contribution < -0.4 is 0 Å². The average Bonchev–Trinajstić information content (AvgIpc) is 2.52. The fourth-order valence-corrected chi connectivity index (χ4v) is 3.73. The van der Waals surface area contributed by atoms with Gasteiger partial charge in [-0.3, -0.25) is 0 Å². The van der Waals surface area contributed by atoms with Gasteiger partial charge >= 0.3 is 0 Å². The maximum Gasteiger partial charge on any atom is -0.0409 e. The molecule has 2 unspecified atom stereocenters. The Hall–Kier alpha value is 0. The molecule has 0 amide bonds. The van der Waals surface area contributed by atoms with Crippen LogP contribution in [0.1, 0.15) is 118 Å². The van der Waals surface area contributed by atoms with Crippen LogP contribution in [0.4, 0.5) is 0 Å². The summed E-state index contributed by atoms with van der Waals surface area (Å²) < 4.78 is 0. The van der Waals surface area contributed by atoms with E-state index in [-0.39, 0.29) is 0 Å². The Balaban J connectivity index is 4.38. The number of hydrogen-bond donors (Lipinski definition) is 0. The second kappa shape index (κ2) is 14.9. The van der Waals surface area contributed by atoms with Gasteiger partial charge in [0.1, 0.15) is 0 Å². The molecule has 0 N–H and O–H groups in total. The van der Waals surface area contributed by atoms with E-state index in [0.29, 0.717) is 0 Å². The highest BCUT2D eigenvalue weighted by atomic mass is 14.2. The van der Waals surface area contributed by atoms with Gasteiger partial charge in [0, 0.05) is 0 Å². The van der Waals surface area contributed by atoms with Gasteiger partial charge in [-0.2, -0.15) is 0 Å². The van der Waals surface area contributed by atoms with Crippen molar-refractivity contribution in [2.24, 2.45) is 17.8 Å². The van der Waals surface area contributed by atoms with Gasteiger partial charge in [0.2, 0.25) is 0 Å². The Morgan fingerprint density at radius 2 is 0.810 bits per heavy atom. The lowest BCUT2D eigenvalue weighted by Crippen LogP contribution is -2.14. The summed E-state index contributed by atoms with van der Waals surface area (Å²) in [5, 5.41) is 0. The van der Waals surface area contributed by atoms with Crippen molar-refractivity contribution in [1.82, 2.24) is 0 Å². The minimum Gasteiger partial charge on any atom is -0.0654 e. The first-order chi connectivity index (χ1) is 10.2. The summed E-state index contributed by atoms with van der Waals surface area (Å²) in [6.07, 6.45) is 18.7. The third-order valence-electron chi connectivity index (χ3n) is 5.39. The second-order valence-electron chi connectivity index (χ2n) is 7.31. The first kappa shape index (κ1) is 21.0. The van der Waals surface area contributed by atoms with E-state index in [1.54, 1.807) is 0 Å². The van der Waals surface area contributed by atoms with Crippen LogP contribution in [0, 0.1) is 17.8 Å². The number of rotatable bonds is 15. The Labute approximate surface area is 136 Å². The van der Waals surface area contributed by atoms with E-state index in [1.165, 1.54) is 83.5 Å². The summed E-state index contributed by atoms with van der Waals surface area (Å²) in [5.74, 6) is 3.00. The van der Waals surface area contributed by atoms with Crippen LogP contribution in [0.5, 0.6) is 0 Å². The van der Waals surface area contributed by atoms with Crippen LogP contribution in [-0.2, 0) is 0 Å². The van der Waals surface area contributed by atoms with Crippen LogP contribution in [0.15, 0.2) is 0 Å². The van der Waals surface area contributed by atoms with E-state index in [0.717, 1.165) is 17.8 Å². The molecule has 0 saturated heterocycles. The van der Waals surface area contributed by atoms with Crippen LogP contribution >= 0.6 is 0 Å². The van der Waals surface area contributed by atoms with E-state index in [4.69, 9.17) is 0 Å². The standard InChI is InChI=1S/C21H44/c1-6-11-14-19(9-4)17-21(16-13-8-3)18-20(10-5)15-12-7-2/h19-21H,6-18H2,1-5H3. The number of unbranched alkanes of at least 4 members (excludes halogenated alkanes) is 3. The molecule has 0 nitrogen and oxygen atoms in total. The topological polar surface area (TPSA) is 0 Å². The van der Waals surface area contributed by atoms with E-state index < -0.39 is 0 Å². The zero-order chi connectivity index (χ0) is 15.9. The zero-order valence-electron chi connectivity index (χ0n) is 15.9. The van der Waals surface area contributed by atoms with Gasteiger partial charge in [0.05, 0.1) is 0 Å². The van der Waals surface area contributed by atoms with Gasteiger partial charge in [0.15, 0.2) is 0 Å². The van der Waals surface area contributed by atoms with Crippen LogP contribution in [-0.4, -0.2) is 0 Å². The average molecular weight is 297 g/mol. The first-order valence-electron chi connectivity index (χ1n) is 10.2. The van der Waals surface area contributed by atoms with Crippen molar-refractivity contribution >= 4 is 0 Å². The van der Waals surface area contributed by atoms with Gasteiger partial charge < -0.3 is 0 Å². The largest absolute Gasteiger partial charge is 0.0654 e. The van der Waals surface area contributed by atoms with Crippen molar-refractivity contribution in [3.8, 4) is 0 Å². The van der Waals surface area contributed by atoms with Gasteiger partial charge in [-0.25, -0.2) is 0 Å². The van der Waals surface area contributed by atoms with Crippen LogP contribution in [0.2, 0.25) is 0 Å². The molecule has 0 bridgehead atoms. The molecule has 0 aromatic carbocycles. The van der Waals surface area contributed by atoms with Crippen molar-refractivity contribution < 1.29 is 0 Å². The molecule has 0 aliphatic heterocycles. The third-order valence-corrected chi connectivity index (χ3v) is 5.39. The summed E-state index contributed by atoms with van der Waals surface area (Å²) in [6.45, 7) is 11.8. The van der Waals surface area contributed by atoms with E-state index >= 15 is 0 Å². The Morgan fingerprint density at radius 3 is 1.10 bits per heavy atom. The molecular weight excluding hydrogens is 252 g/mol. The second-order valence-corrected chi connectivity index (χ2v) is 7.31. The Kier molecular flexibility index (Phi) is 14.9. The smallest absolute Gasteiger partial charge is 0.0409 e. The maximum atomic E-state index is 2.41. The van der Waals surface area contributed by atoms with Crippen LogP contribution in [0.3, 0.4) is 0 Å². The van der Waals surface area contributed by atoms with Crippen molar-refractivity contribution in [1.29, 1.82) is 0 Å². The molecule has 0 radical (unpaired) electrons. The first-order valence-corrected chi connectivity index (χ1v) is 10.2. The molecule has 21 heavy (non-hydrogen) atoms. The quantitative estimate of drug-likeness (QED) is 0.287. The lowest BCUT2D eigenvalue weighted by molar-refractivity contribution is 0.256. The summed E-state index contributed by atoms with van der Waals surface area (Å²) in [5.41, 5.74) is 0. The highest BCUT2D eigenvalue weighted by molar-refractivity contribution is 4.70. The van der Waals surface area contributed by atoms with Crippen molar-refractivity contribution in [2.45, 2.75) is 118 Å². The summed E-state index contributed by atoms with van der Waals surface area (Å²) >= 11 is 0. The molecule has 0 fully saturated rings. The predicted octanol–water partition coefficient (Wildman–Crippen LogP) is 8.01. The fraction of sp³-hybridized carbons (Fsp3) is 1.00. The molecule has 0 spiro atoms. The summed E-state index contributed by atoms with van der Waals surface area (Å²) in [6, 6.07) is 0. The highest BCUT2D eigenvalue weighted by Gasteiger charge is 2.18. The van der Waals surface area contributed by atoms with Gasteiger partial charge in [-0.15, -0.1) is 0 Å². The predicted molar refractivity (Wildman–Crippen MR) is 98.9 cm³/mol. The molecule has 2 atom stereocenters.